The highest BCUT2D eigenvalue weighted by Crippen LogP contribution is 2.36. The second-order valence-electron chi connectivity index (χ2n) is 7.36. The van der Waals surface area contributed by atoms with Gasteiger partial charge in [-0.2, -0.15) is 0 Å². The Morgan fingerprint density at radius 3 is 2.57 bits per heavy atom. The fourth-order valence-electron chi connectivity index (χ4n) is 3.35. The molecule has 1 heterocycles. The van der Waals surface area contributed by atoms with Gasteiger partial charge in [-0.25, -0.2) is 4.39 Å². The third kappa shape index (κ3) is 3.97. The van der Waals surface area contributed by atoms with Crippen molar-refractivity contribution in [2.45, 2.75) is 53.1 Å². The first kappa shape index (κ1) is 16.3. The van der Waals surface area contributed by atoms with Crippen LogP contribution in [0.3, 0.4) is 0 Å². The quantitative estimate of drug-likeness (QED) is 0.866. The fourth-order valence-corrected chi connectivity index (χ4v) is 3.35. The van der Waals surface area contributed by atoms with Gasteiger partial charge in [-0.1, -0.05) is 20.8 Å². The van der Waals surface area contributed by atoms with Crippen molar-refractivity contribution in [3.63, 3.8) is 0 Å². The summed E-state index contributed by atoms with van der Waals surface area (Å²) in [5.74, 6) is 0.440. The molecule has 0 amide bonds. The van der Waals surface area contributed by atoms with Crippen LogP contribution in [-0.4, -0.2) is 18.2 Å². The maximum absolute atomic E-state index is 13.4. The number of nitrogens with zero attached hydrogens (tertiary/aromatic N) is 1. The standard InChI is InChI=1S/C18H28FNO/c1-13(21)16-12-15(19)7-8-17(16)20-10-5-6-14(9-11-20)18(2,3)4/h7-8,12-14,21H,5-6,9-11H2,1-4H3/t13-,14?/m1/s1. The number of benzene rings is 1. The predicted octanol–water partition coefficient (Wildman–Crippen LogP) is 4.53. The molecule has 0 radical (unpaired) electrons. The maximum atomic E-state index is 13.4. The molecule has 1 aromatic carbocycles. The Labute approximate surface area is 128 Å². The van der Waals surface area contributed by atoms with Gasteiger partial charge in [-0.05, 0) is 55.7 Å². The average molecular weight is 293 g/mol. The summed E-state index contributed by atoms with van der Waals surface area (Å²) in [7, 11) is 0. The lowest BCUT2D eigenvalue weighted by Gasteiger charge is -2.30. The molecule has 0 aromatic heterocycles. The van der Waals surface area contributed by atoms with E-state index in [0.29, 0.717) is 11.0 Å². The molecule has 0 spiro atoms. The van der Waals surface area contributed by atoms with Gasteiger partial charge in [0.05, 0.1) is 6.10 Å². The van der Waals surface area contributed by atoms with Gasteiger partial charge in [0.1, 0.15) is 5.82 Å². The molecule has 2 atom stereocenters. The van der Waals surface area contributed by atoms with Crippen LogP contribution in [-0.2, 0) is 0 Å². The molecular formula is C18H28FNO. The van der Waals surface area contributed by atoms with E-state index in [-0.39, 0.29) is 5.82 Å². The van der Waals surface area contributed by atoms with E-state index in [4.69, 9.17) is 0 Å². The Morgan fingerprint density at radius 2 is 1.95 bits per heavy atom. The molecule has 1 N–H and O–H groups in total. The minimum absolute atomic E-state index is 0.281. The summed E-state index contributed by atoms with van der Waals surface area (Å²) in [5.41, 5.74) is 2.02. The van der Waals surface area contributed by atoms with Gasteiger partial charge in [-0.15, -0.1) is 0 Å². The fraction of sp³-hybridized carbons (Fsp3) is 0.667. The Bertz CT molecular complexity index is 479. The molecule has 0 saturated carbocycles. The van der Waals surface area contributed by atoms with E-state index in [2.05, 4.69) is 25.7 Å². The van der Waals surface area contributed by atoms with E-state index in [9.17, 15) is 9.50 Å². The lowest BCUT2D eigenvalue weighted by atomic mass is 9.77. The molecular weight excluding hydrogens is 265 g/mol. The number of rotatable bonds is 2. The minimum atomic E-state index is -0.641. The number of anilines is 1. The van der Waals surface area contributed by atoms with Crippen molar-refractivity contribution in [2.75, 3.05) is 18.0 Å². The smallest absolute Gasteiger partial charge is 0.123 e. The largest absolute Gasteiger partial charge is 0.389 e. The van der Waals surface area contributed by atoms with E-state index >= 15 is 0 Å². The molecule has 0 aliphatic carbocycles. The van der Waals surface area contributed by atoms with E-state index in [0.717, 1.165) is 37.5 Å². The molecule has 1 aliphatic rings. The van der Waals surface area contributed by atoms with Gasteiger partial charge in [-0.3, -0.25) is 0 Å². The summed E-state index contributed by atoms with van der Waals surface area (Å²) in [6, 6.07) is 4.77. The average Bonchev–Trinajstić information content (AvgIpc) is 2.63. The lowest BCUT2D eigenvalue weighted by Crippen LogP contribution is -2.27. The number of aliphatic hydroxyl groups excluding tert-OH is 1. The molecule has 1 saturated heterocycles. The first-order valence-corrected chi connectivity index (χ1v) is 8.01. The van der Waals surface area contributed by atoms with Crippen LogP contribution in [0.1, 0.15) is 58.6 Å². The van der Waals surface area contributed by atoms with Gasteiger partial charge in [0.25, 0.3) is 0 Å². The predicted molar refractivity (Wildman–Crippen MR) is 86.0 cm³/mol. The first-order valence-electron chi connectivity index (χ1n) is 8.01. The van der Waals surface area contributed by atoms with Crippen molar-refractivity contribution in [2.24, 2.45) is 11.3 Å². The van der Waals surface area contributed by atoms with Crippen LogP contribution in [0.4, 0.5) is 10.1 Å². The summed E-state index contributed by atoms with van der Waals surface area (Å²) in [4.78, 5) is 2.31. The summed E-state index contributed by atoms with van der Waals surface area (Å²) in [6.07, 6.45) is 2.90. The maximum Gasteiger partial charge on any atom is 0.123 e. The highest BCUT2D eigenvalue weighted by molar-refractivity contribution is 5.55. The Balaban J connectivity index is 2.20. The third-order valence-electron chi connectivity index (χ3n) is 4.73. The van der Waals surface area contributed by atoms with Crippen molar-refractivity contribution < 1.29 is 9.50 Å². The summed E-state index contributed by atoms with van der Waals surface area (Å²) in [6.45, 7) is 10.6. The van der Waals surface area contributed by atoms with Crippen molar-refractivity contribution in [1.29, 1.82) is 0 Å². The Kier molecular flexibility index (Phi) is 4.92. The molecule has 1 aromatic rings. The molecule has 2 rings (SSSR count). The van der Waals surface area contributed by atoms with Gasteiger partial charge in [0, 0.05) is 24.3 Å². The van der Waals surface area contributed by atoms with Crippen molar-refractivity contribution in [3.8, 4) is 0 Å². The van der Waals surface area contributed by atoms with Crippen molar-refractivity contribution in [3.05, 3.63) is 29.6 Å². The van der Waals surface area contributed by atoms with Crippen LogP contribution in [0.5, 0.6) is 0 Å². The van der Waals surface area contributed by atoms with Crippen LogP contribution >= 0.6 is 0 Å². The molecule has 118 valence electrons. The van der Waals surface area contributed by atoms with E-state index < -0.39 is 6.10 Å². The van der Waals surface area contributed by atoms with Crippen LogP contribution in [0.2, 0.25) is 0 Å². The van der Waals surface area contributed by atoms with Crippen molar-refractivity contribution in [1.82, 2.24) is 0 Å². The minimum Gasteiger partial charge on any atom is -0.389 e. The molecule has 21 heavy (non-hydrogen) atoms. The number of hydrogen-bond donors (Lipinski definition) is 1. The second-order valence-corrected chi connectivity index (χ2v) is 7.36. The molecule has 1 aliphatic heterocycles. The second kappa shape index (κ2) is 6.35. The molecule has 2 nitrogen and oxygen atoms in total. The molecule has 3 heteroatoms. The summed E-state index contributed by atoms with van der Waals surface area (Å²) >= 11 is 0. The van der Waals surface area contributed by atoms with Crippen LogP contribution in [0, 0.1) is 17.2 Å². The Morgan fingerprint density at radius 1 is 1.24 bits per heavy atom. The monoisotopic (exact) mass is 293 g/mol. The van der Waals surface area contributed by atoms with Crippen LogP contribution in [0.25, 0.3) is 0 Å². The van der Waals surface area contributed by atoms with Crippen molar-refractivity contribution >= 4 is 5.69 Å². The third-order valence-corrected chi connectivity index (χ3v) is 4.73. The van der Waals surface area contributed by atoms with Gasteiger partial charge in [0.2, 0.25) is 0 Å². The van der Waals surface area contributed by atoms with E-state index in [1.54, 1.807) is 6.92 Å². The topological polar surface area (TPSA) is 23.5 Å². The zero-order chi connectivity index (χ0) is 15.6. The number of hydrogen-bond acceptors (Lipinski definition) is 2. The number of aliphatic hydroxyl groups is 1. The summed E-state index contributed by atoms with van der Waals surface area (Å²) in [5, 5.41) is 9.92. The van der Waals surface area contributed by atoms with Gasteiger partial charge in [0.15, 0.2) is 0 Å². The Hall–Kier alpha value is -1.09. The van der Waals surface area contributed by atoms with Crippen LogP contribution < -0.4 is 4.90 Å². The zero-order valence-electron chi connectivity index (χ0n) is 13.7. The normalized spacial score (nSPS) is 22.0. The first-order chi connectivity index (χ1) is 9.79. The molecule has 1 fully saturated rings. The zero-order valence-corrected chi connectivity index (χ0v) is 13.7. The van der Waals surface area contributed by atoms with E-state index in [1.165, 1.54) is 18.6 Å². The molecule has 0 bridgehead atoms. The van der Waals surface area contributed by atoms with E-state index in [1.807, 2.05) is 6.07 Å². The highest BCUT2D eigenvalue weighted by atomic mass is 19.1. The highest BCUT2D eigenvalue weighted by Gasteiger charge is 2.28. The SMILES string of the molecule is C[C@@H](O)c1cc(F)ccc1N1CCCC(C(C)(C)C)CC1. The molecule has 1 unspecified atom stereocenters. The van der Waals surface area contributed by atoms with Gasteiger partial charge < -0.3 is 10.0 Å². The van der Waals surface area contributed by atoms with Gasteiger partial charge >= 0.3 is 0 Å². The van der Waals surface area contributed by atoms with Crippen LogP contribution in [0.15, 0.2) is 18.2 Å². The lowest BCUT2D eigenvalue weighted by molar-refractivity contribution is 0.199. The number of halogens is 1. The summed E-state index contributed by atoms with van der Waals surface area (Å²) < 4.78 is 13.4.